The monoisotopic (exact) mass is 229 g/mol. The van der Waals surface area contributed by atoms with E-state index in [-0.39, 0.29) is 5.03 Å². The molecule has 0 N–H and O–H groups in total. The molecule has 1 aliphatic rings. The van der Waals surface area contributed by atoms with E-state index in [2.05, 4.69) is 4.98 Å². The second-order valence-electron chi connectivity index (χ2n) is 3.85. The van der Waals surface area contributed by atoms with Crippen molar-refractivity contribution in [2.45, 2.75) is 24.8 Å². The summed E-state index contributed by atoms with van der Waals surface area (Å²) in [5, 5.41) is 0.171. The van der Waals surface area contributed by atoms with Crippen molar-refractivity contribution in [3.05, 3.63) is 12.0 Å². The first kappa shape index (κ1) is 10.6. The maximum absolute atomic E-state index is 12.1. The van der Waals surface area contributed by atoms with Crippen molar-refractivity contribution >= 4 is 10.0 Å². The molecule has 1 saturated heterocycles. The lowest BCUT2D eigenvalue weighted by molar-refractivity contribution is 0.474. The molecule has 0 bridgehead atoms. The van der Waals surface area contributed by atoms with Crippen molar-refractivity contribution in [2.75, 3.05) is 13.1 Å². The van der Waals surface area contributed by atoms with Gasteiger partial charge in [-0.25, -0.2) is 13.4 Å². The molecule has 15 heavy (non-hydrogen) atoms. The highest BCUT2D eigenvalue weighted by Crippen LogP contribution is 2.19. The molecule has 1 aromatic heterocycles. The predicted octanol–water partition coefficient (Wildman–Crippen LogP) is 0.513. The van der Waals surface area contributed by atoms with Crippen molar-refractivity contribution in [1.29, 1.82) is 0 Å². The number of hydrogen-bond donors (Lipinski definition) is 0. The van der Waals surface area contributed by atoms with Gasteiger partial charge in [-0.3, -0.25) is 0 Å². The third kappa shape index (κ3) is 1.79. The molecule has 0 unspecified atom stereocenters. The van der Waals surface area contributed by atoms with Gasteiger partial charge in [0.2, 0.25) is 0 Å². The van der Waals surface area contributed by atoms with Crippen molar-refractivity contribution < 1.29 is 8.42 Å². The number of hydrogen-bond acceptors (Lipinski definition) is 3. The van der Waals surface area contributed by atoms with Crippen molar-refractivity contribution in [3.8, 4) is 0 Å². The van der Waals surface area contributed by atoms with Gasteiger partial charge in [-0.1, -0.05) is 0 Å². The molecule has 0 saturated carbocycles. The lowest BCUT2D eigenvalue weighted by Crippen LogP contribution is -2.28. The normalized spacial score (nSPS) is 18.5. The van der Waals surface area contributed by atoms with Crippen LogP contribution in [-0.2, 0) is 17.1 Å². The highest BCUT2D eigenvalue weighted by molar-refractivity contribution is 7.89. The molecule has 84 valence electrons. The van der Waals surface area contributed by atoms with E-state index in [9.17, 15) is 8.42 Å². The Hall–Kier alpha value is -0.880. The van der Waals surface area contributed by atoms with Gasteiger partial charge in [-0.15, -0.1) is 0 Å². The molecule has 1 aliphatic heterocycles. The van der Waals surface area contributed by atoms with Crippen LogP contribution in [0.2, 0.25) is 0 Å². The highest BCUT2D eigenvalue weighted by atomic mass is 32.2. The van der Waals surface area contributed by atoms with Crippen molar-refractivity contribution in [2.24, 2.45) is 7.05 Å². The minimum Gasteiger partial charge on any atom is -0.337 e. The fraction of sp³-hybridized carbons (Fsp3) is 0.667. The number of imidazole rings is 1. The van der Waals surface area contributed by atoms with Gasteiger partial charge in [0.05, 0.1) is 0 Å². The Morgan fingerprint density at radius 3 is 2.40 bits per heavy atom. The van der Waals surface area contributed by atoms with Crippen LogP contribution in [0, 0.1) is 6.92 Å². The van der Waals surface area contributed by atoms with Gasteiger partial charge in [0.15, 0.2) is 5.03 Å². The maximum atomic E-state index is 12.1. The van der Waals surface area contributed by atoms with E-state index >= 15 is 0 Å². The lowest BCUT2D eigenvalue weighted by Gasteiger charge is -2.12. The fourth-order valence-electron chi connectivity index (χ4n) is 1.71. The Labute approximate surface area is 89.8 Å². The molecule has 2 rings (SSSR count). The van der Waals surface area contributed by atoms with E-state index in [0.29, 0.717) is 18.9 Å². The van der Waals surface area contributed by atoms with Crippen LogP contribution in [0.5, 0.6) is 0 Å². The molecular formula is C9H15N3O2S. The van der Waals surface area contributed by atoms with E-state index in [0.717, 1.165) is 12.8 Å². The van der Waals surface area contributed by atoms with Gasteiger partial charge in [0, 0.05) is 26.3 Å². The zero-order valence-electron chi connectivity index (χ0n) is 8.97. The summed E-state index contributed by atoms with van der Waals surface area (Å²) in [6, 6.07) is 0. The van der Waals surface area contributed by atoms with Crippen LogP contribution in [-0.4, -0.2) is 35.4 Å². The smallest absolute Gasteiger partial charge is 0.262 e. The quantitative estimate of drug-likeness (QED) is 0.742. The lowest BCUT2D eigenvalue weighted by atomic mass is 10.4. The highest BCUT2D eigenvalue weighted by Gasteiger charge is 2.29. The summed E-state index contributed by atoms with van der Waals surface area (Å²) < 4.78 is 27.3. The molecule has 0 spiro atoms. The largest absolute Gasteiger partial charge is 0.337 e. The van der Waals surface area contributed by atoms with Crippen LogP contribution in [0.25, 0.3) is 0 Å². The first-order chi connectivity index (χ1) is 7.01. The van der Waals surface area contributed by atoms with E-state index in [1.54, 1.807) is 24.7 Å². The minimum absolute atomic E-state index is 0.171. The summed E-state index contributed by atoms with van der Waals surface area (Å²) in [5.74, 6) is 0.716. The van der Waals surface area contributed by atoms with Crippen LogP contribution in [0.15, 0.2) is 11.2 Å². The Morgan fingerprint density at radius 1 is 1.33 bits per heavy atom. The Morgan fingerprint density at radius 2 is 1.93 bits per heavy atom. The van der Waals surface area contributed by atoms with E-state index in [1.165, 1.54) is 4.31 Å². The van der Waals surface area contributed by atoms with Gasteiger partial charge in [0.1, 0.15) is 5.82 Å². The van der Waals surface area contributed by atoms with Gasteiger partial charge in [-0.2, -0.15) is 4.31 Å². The summed E-state index contributed by atoms with van der Waals surface area (Å²) in [6.07, 6.45) is 3.47. The summed E-state index contributed by atoms with van der Waals surface area (Å²) >= 11 is 0. The molecule has 1 aromatic rings. The van der Waals surface area contributed by atoms with E-state index < -0.39 is 10.0 Å². The number of aromatic nitrogens is 2. The average Bonchev–Trinajstić information content (AvgIpc) is 2.77. The first-order valence-electron chi connectivity index (χ1n) is 5.02. The predicted molar refractivity (Wildman–Crippen MR) is 55.9 cm³/mol. The third-order valence-electron chi connectivity index (χ3n) is 2.76. The van der Waals surface area contributed by atoms with Crippen molar-refractivity contribution in [3.63, 3.8) is 0 Å². The van der Waals surface area contributed by atoms with Crippen LogP contribution in [0.1, 0.15) is 18.7 Å². The second kappa shape index (κ2) is 3.61. The maximum Gasteiger partial charge on any atom is 0.262 e. The molecular weight excluding hydrogens is 214 g/mol. The fourth-order valence-corrected chi connectivity index (χ4v) is 3.25. The van der Waals surface area contributed by atoms with Gasteiger partial charge < -0.3 is 4.57 Å². The van der Waals surface area contributed by atoms with Crippen LogP contribution < -0.4 is 0 Å². The van der Waals surface area contributed by atoms with Crippen LogP contribution >= 0.6 is 0 Å². The number of rotatable bonds is 2. The standard InChI is InChI=1S/C9H15N3O2S/c1-8-10-9(7-11(8)2)15(13,14)12-5-3-4-6-12/h7H,3-6H2,1-2H3. The molecule has 5 nitrogen and oxygen atoms in total. The Kier molecular flexibility index (Phi) is 2.56. The molecule has 0 radical (unpaired) electrons. The molecule has 0 aliphatic carbocycles. The van der Waals surface area contributed by atoms with Crippen LogP contribution in [0.3, 0.4) is 0 Å². The molecule has 0 atom stereocenters. The van der Waals surface area contributed by atoms with Crippen molar-refractivity contribution in [1.82, 2.24) is 13.9 Å². The Bertz CT molecular complexity index is 438. The zero-order chi connectivity index (χ0) is 11.1. The van der Waals surface area contributed by atoms with Gasteiger partial charge in [-0.05, 0) is 19.8 Å². The second-order valence-corrected chi connectivity index (χ2v) is 5.73. The topological polar surface area (TPSA) is 55.2 Å². The number of sulfonamides is 1. The Balaban J connectivity index is 2.36. The first-order valence-corrected chi connectivity index (χ1v) is 6.46. The van der Waals surface area contributed by atoms with E-state index in [4.69, 9.17) is 0 Å². The summed E-state index contributed by atoms with van der Waals surface area (Å²) in [6.45, 7) is 3.04. The molecule has 2 heterocycles. The molecule has 0 aromatic carbocycles. The molecule has 0 amide bonds. The van der Waals surface area contributed by atoms with Gasteiger partial charge >= 0.3 is 0 Å². The molecule has 6 heteroatoms. The average molecular weight is 229 g/mol. The summed E-state index contributed by atoms with van der Waals surface area (Å²) in [5.41, 5.74) is 0. The SMILES string of the molecule is Cc1nc(S(=O)(=O)N2CCCC2)cn1C. The number of nitrogens with zero attached hydrogens (tertiary/aromatic N) is 3. The molecule has 1 fully saturated rings. The third-order valence-corrected chi connectivity index (χ3v) is 4.53. The summed E-state index contributed by atoms with van der Waals surface area (Å²) in [4.78, 5) is 4.06. The van der Waals surface area contributed by atoms with Crippen LogP contribution in [0.4, 0.5) is 0 Å². The number of aryl methyl sites for hydroxylation is 2. The van der Waals surface area contributed by atoms with Gasteiger partial charge in [0.25, 0.3) is 10.0 Å². The van der Waals surface area contributed by atoms with E-state index in [1.807, 2.05) is 0 Å². The summed E-state index contributed by atoms with van der Waals surface area (Å²) in [7, 11) is -1.54. The minimum atomic E-state index is -3.34. The zero-order valence-corrected chi connectivity index (χ0v) is 9.79.